The Kier molecular flexibility index (Phi) is 7.80. The largest absolute Gasteiger partial charge is 0.439 e. The summed E-state index contributed by atoms with van der Waals surface area (Å²) in [7, 11) is -2.06. The van der Waals surface area contributed by atoms with Gasteiger partial charge in [-0.05, 0) is 55.8 Å². The van der Waals surface area contributed by atoms with Crippen molar-refractivity contribution in [2.75, 3.05) is 25.0 Å². The van der Waals surface area contributed by atoms with E-state index in [4.69, 9.17) is 9.47 Å². The number of pyridine rings is 1. The van der Waals surface area contributed by atoms with Gasteiger partial charge in [-0.3, -0.25) is 9.52 Å². The molecule has 168 valence electrons. The molecule has 1 heterocycles. The third-order valence-corrected chi connectivity index (χ3v) is 5.87. The van der Waals surface area contributed by atoms with Gasteiger partial charge in [-0.2, -0.15) is 0 Å². The Morgan fingerprint density at radius 1 is 1.00 bits per heavy atom. The van der Waals surface area contributed by atoms with Crippen LogP contribution in [-0.2, 0) is 14.8 Å². The quantitative estimate of drug-likeness (QED) is 0.451. The lowest BCUT2D eigenvalue weighted by molar-refractivity contribution is 0.0948. The fourth-order valence-corrected chi connectivity index (χ4v) is 3.80. The molecule has 2 N–H and O–H groups in total. The summed E-state index contributed by atoms with van der Waals surface area (Å²) in [5.41, 5.74) is 1.82. The molecule has 1 amide bonds. The summed E-state index contributed by atoms with van der Waals surface area (Å²) < 4.78 is 38.1. The van der Waals surface area contributed by atoms with E-state index in [1.54, 1.807) is 67.8 Å². The molecule has 0 unspecified atom stereocenters. The van der Waals surface area contributed by atoms with Crippen LogP contribution in [0.15, 0.2) is 71.8 Å². The number of anilines is 1. The Bertz CT molecular complexity index is 1130. The van der Waals surface area contributed by atoms with Crippen LogP contribution in [0.4, 0.5) is 5.69 Å². The van der Waals surface area contributed by atoms with Crippen LogP contribution in [0.2, 0.25) is 0 Å². The monoisotopic (exact) mass is 455 g/mol. The van der Waals surface area contributed by atoms with Crippen molar-refractivity contribution in [2.24, 2.45) is 0 Å². The second-order valence-corrected chi connectivity index (χ2v) is 8.71. The van der Waals surface area contributed by atoms with E-state index in [1.165, 1.54) is 6.20 Å². The van der Waals surface area contributed by atoms with Crippen molar-refractivity contribution in [3.05, 3.63) is 78.0 Å². The highest BCUT2D eigenvalue weighted by Gasteiger charge is 2.14. The number of carbonyl (C=O) groups is 1. The summed E-state index contributed by atoms with van der Waals surface area (Å²) in [6, 6.07) is 16.3. The lowest BCUT2D eigenvalue weighted by Gasteiger charge is -2.10. The number of methoxy groups -OCH3 is 1. The molecule has 0 aliphatic rings. The molecule has 0 atom stereocenters. The molecule has 9 heteroatoms. The normalized spacial score (nSPS) is 11.1. The standard InChI is InChI=1S/C23H25N3O5S/c1-17-4-11-21(12-5-17)32(28,29)26-19-7-9-20(10-8-19)31-22-13-6-18(16-25-22)23(27)24-14-3-15-30-2/h4-13,16,26H,3,14-15H2,1-2H3,(H,24,27). The summed E-state index contributed by atoms with van der Waals surface area (Å²) in [6.07, 6.45) is 2.17. The van der Waals surface area contributed by atoms with Crippen molar-refractivity contribution >= 4 is 21.6 Å². The van der Waals surface area contributed by atoms with E-state index in [0.29, 0.717) is 36.0 Å². The predicted octanol–water partition coefficient (Wildman–Crippen LogP) is 3.75. The summed E-state index contributed by atoms with van der Waals surface area (Å²) in [5.74, 6) is 0.576. The molecule has 3 aromatic rings. The smallest absolute Gasteiger partial charge is 0.261 e. The minimum Gasteiger partial charge on any atom is -0.439 e. The van der Waals surface area contributed by atoms with E-state index in [9.17, 15) is 13.2 Å². The van der Waals surface area contributed by atoms with Crippen LogP contribution in [0.25, 0.3) is 0 Å². The van der Waals surface area contributed by atoms with Gasteiger partial charge >= 0.3 is 0 Å². The Balaban J connectivity index is 1.57. The Hall–Kier alpha value is -3.43. The minimum absolute atomic E-state index is 0.190. The third kappa shape index (κ3) is 6.53. The van der Waals surface area contributed by atoms with Gasteiger partial charge < -0.3 is 14.8 Å². The highest BCUT2D eigenvalue weighted by atomic mass is 32.2. The van der Waals surface area contributed by atoms with Gasteiger partial charge in [0.1, 0.15) is 5.75 Å². The van der Waals surface area contributed by atoms with Gasteiger partial charge in [-0.1, -0.05) is 17.7 Å². The van der Waals surface area contributed by atoms with E-state index < -0.39 is 10.0 Å². The molecule has 8 nitrogen and oxygen atoms in total. The van der Waals surface area contributed by atoms with Crippen molar-refractivity contribution in [1.82, 2.24) is 10.3 Å². The van der Waals surface area contributed by atoms with Crippen LogP contribution in [0, 0.1) is 6.92 Å². The second kappa shape index (κ2) is 10.7. The number of aryl methyl sites for hydroxylation is 1. The molecule has 3 rings (SSSR count). The predicted molar refractivity (Wildman–Crippen MR) is 122 cm³/mol. The molecule has 0 saturated carbocycles. The maximum absolute atomic E-state index is 12.5. The van der Waals surface area contributed by atoms with Crippen LogP contribution >= 0.6 is 0 Å². The average molecular weight is 456 g/mol. The van der Waals surface area contributed by atoms with Crippen molar-refractivity contribution in [3.63, 3.8) is 0 Å². The molecule has 0 fully saturated rings. The zero-order valence-corrected chi connectivity index (χ0v) is 18.7. The van der Waals surface area contributed by atoms with Gasteiger partial charge in [0.15, 0.2) is 0 Å². The number of carbonyl (C=O) groups excluding carboxylic acids is 1. The maximum Gasteiger partial charge on any atom is 0.261 e. The highest BCUT2D eigenvalue weighted by molar-refractivity contribution is 7.92. The Labute approximate surface area is 187 Å². The average Bonchev–Trinajstić information content (AvgIpc) is 2.78. The van der Waals surface area contributed by atoms with Crippen molar-refractivity contribution in [1.29, 1.82) is 0 Å². The topological polar surface area (TPSA) is 107 Å². The number of aromatic nitrogens is 1. The molecule has 2 aromatic carbocycles. The fraction of sp³-hybridized carbons (Fsp3) is 0.217. The first-order chi connectivity index (χ1) is 15.4. The van der Waals surface area contributed by atoms with E-state index in [-0.39, 0.29) is 10.8 Å². The van der Waals surface area contributed by atoms with E-state index in [1.807, 2.05) is 6.92 Å². The molecule has 0 spiro atoms. The molecule has 32 heavy (non-hydrogen) atoms. The number of ether oxygens (including phenoxy) is 2. The lowest BCUT2D eigenvalue weighted by Crippen LogP contribution is -2.25. The molecular weight excluding hydrogens is 430 g/mol. The molecule has 0 bridgehead atoms. The number of nitrogens with one attached hydrogen (secondary N) is 2. The van der Waals surface area contributed by atoms with Gasteiger partial charge in [0.25, 0.3) is 15.9 Å². The van der Waals surface area contributed by atoms with Gasteiger partial charge in [-0.15, -0.1) is 0 Å². The molecule has 0 saturated heterocycles. The number of sulfonamides is 1. The fourth-order valence-electron chi connectivity index (χ4n) is 2.74. The Morgan fingerprint density at radius 2 is 1.72 bits per heavy atom. The van der Waals surface area contributed by atoms with Crippen molar-refractivity contribution in [3.8, 4) is 11.6 Å². The van der Waals surface area contributed by atoms with E-state index >= 15 is 0 Å². The first-order valence-electron chi connectivity index (χ1n) is 9.98. The van der Waals surface area contributed by atoms with Crippen LogP contribution in [0.5, 0.6) is 11.6 Å². The summed E-state index contributed by atoms with van der Waals surface area (Å²) >= 11 is 0. The summed E-state index contributed by atoms with van der Waals surface area (Å²) in [4.78, 5) is 16.4. The SMILES string of the molecule is COCCCNC(=O)c1ccc(Oc2ccc(NS(=O)(=O)c3ccc(C)cc3)cc2)nc1. The summed E-state index contributed by atoms with van der Waals surface area (Å²) in [5, 5.41) is 2.79. The first-order valence-corrected chi connectivity index (χ1v) is 11.5. The number of rotatable bonds is 10. The highest BCUT2D eigenvalue weighted by Crippen LogP contribution is 2.23. The number of amides is 1. The second-order valence-electron chi connectivity index (χ2n) is 7.03. The number of hydrogen-bond acceptors (Lipinski definition) is 6. The first kappa shape index (κ1) is 23.2. The molecular formula is C23H25N3O5S. The van der Waals surface area contributed by atoms with E-state index in [2.05, 4.69) is 15.0 Å². The van der Waals surface area contributed by atoms with Crippen LogP contribution in [-0.4, -0.2) is 39.6 Å². The maximum atomic E-state index is 12.5. The minimum atomic E-state index is -3.67. The van der Waals surface area contributed by atoms with Gasteiger partial charge in [0.2, 0.25) is 5.88 Å². The molecule has 0 radical (unpaired) electrons. The number of benzene rings is 2. The summed E-state index contributed by atoms with van der Waals surface area (Å²) in [6.45, 7) is 2.99. The zero-order valence-electron chi connectivity index (χ0n) is 17.9. The van der Waals surface area contributed by atoms with Crippen molar-refractivity contribution in [2.45, 2.75) is 18.2 Å². The van der Waals surface area contributed by atoms with Crippen LogP contribution in [0.3, 0.4) is 0 Å². The molecule has 0 aliphatic heterocycles. The van der Waals surface area contributed by atoms with Crippen molar-refractivity contribution < 1.29 is 22.7 Å². The molecule has 1 aromatic heterocycles. The van der Waals surface area contributed by atoms with E-state index in [0.717, 1.165) is 12.0 Å². The lowest BCUT2D eigenvalue weighted by atomic mass is 10.2. The van der Waals surface area contributed by atoms with Crippen LogP contribution in [0.1, 0.15) is 22.3 Å². The number of nitrogens with zero attached hydrogens (tertiary/aromatic N) is 1. The van der Waals surface area contributed by atoms with Crippen LogP contribution < -0.4 is 14.8 Å². The Morgan fingerprint density at radius 3 is 2.34 bits per heavy atom. The van der Waals surface area contributed by atoms with Gasteiger partial charge in [0, 0.05) is 38.2 Å². The number of hydrogen-bond donors (Lipinski definition) is 2. The van der Waals surface area contributed by atoms with Gasteiger partial charge in [-0.25, -0.2) is 13.4 Å². The molecule has 0 aliphatic carbocycles. The third-order valence-electron chi connectivity index (χ3n) is 4.47. The van der Waals surface area contributed by atoms with Gasteiger partial charge in [0.05, 0.1) is 10.5 Å². The zero-order chi connectivity index (χ0) is 23.0.